The first-order valence-corrected chi connectivity index (χ1v) is 7.31. The highest BCUT2D eigenvalue weighted by Gasteiger charge is 2.22. The van der Waals surface area contributed by atoms with E-state index in [1.807, 2.05) is 0 Å². The maximum atomic E-state index is 13.8. The average Bonchev–Trinajstić information content (AvgIpc) is 2.77. The fraction of sp³-hybridized carbons (Fsp3) is 0.182. The van der Waals surface area contributed by atoms with Gasteiger partial charge in [0.05, 0.1) is 17.8 Å². The van der Waals surface area contributed by atoms with Gasteiger partial charge in [-0.05, 0) is 19.1 Å². The van der Waals surface area contributed by atoms with Crippen molar-refractivity contribution in [2.24, 2.45) is 0 Å². The summed E-state index contributed by atoms with van der Waals surface area (Å²) in [4.78, 5) is 3.21. The summed E-state index contributed by atoms with van der Waals surface area (Å²) in [7, 11) is -4.11. The number of benzene rings is 1. The maximum absolute atomic E-state index is 13.8. The maximum Gasteiger partial charge on any atom is 0.244 e. The first kappa shape index (κ1) is 14.8. The monoisotopic (exact) mass is 319 g/mol. The topological polar surface area (TPSA) is 98.2 Å². The largest absolute Gasteiger partial charge is 0.445 e. The van der Waals surface area contributed by atoms with Crippen LogP contribution in [-0.4, -0.2) is 13.4 Å². The molecule has 1 aromatic carbocycles. The predicted molar refractivity (Wildman–Crippen MR) is 71.1 cm³/mol. The molecule has 0 radical (unpaired) electrons. The number of nitrogens with zero attached hydrogens (tertiary/aromatic N) is 1. The van der Waals surface area contributed by atoms with Gasteiger partial charge in [0.2, 0.25) is 15.9 Å². The highest BCUT2D eigenvalue weighted by molar-refractivity contribution is 7.89. The Hall–Kier alpha value is -1.64. The van der Waals surface area contributed by atoms with Gasteiger partial charge in [-0.2, -0.15) is 0 Å². The Bertz CT molecular complexity index is 745. The van der Waals surface area contributed by atoms with Crippen molar-refractivity contribution in [2.45, 2.75) is 18.4 Å². The molecule has 3 N–H and O–H groups in total. The van der Waals surface area contributed by atoms with E-state index in [2.05, 4.69) is 9.71 Å². The molecule has 0 saturated carbocycles. The number of sulfonamides is 1. The van der Waals surface area contributed by atoms with Crippen LogP contribution >= 0.6 is 11.6 Å². The Morgan fingerprint density at radius 2 is 2.20 bits per heavy atom. The van der Waals surface area contributed by atoms with Crippen molar-refractivity contribution in [3.05, 3.63) is 40.8 Å². The van der Waals surface area contributed by atoms with Gasteiger partial charge in [0.25, 0.3) is 0 Å². The number of nitrogen functional groups attached to an aromatic ring is 1. The Balaban J connectivity index is 2.27. The SMILES string of the molecule is Cc1cnc(CNS(=O)(=O)c2cc(N)cc(Cl)c2F)o1. The van der Waals surface area contributed by atoms with Gasteiger partial charge >= 0.3 is 0 Å². The molecule has 1 heterocycles. The molecule has 0 amide bonds. The molecule has 0 spiro atoms. The van der Waals surface area contributed by atoms with Crippen molar-refractivity contribution in [3.8, 4) is 0 Å². The first-order valence-electron chi connectivity index (χ1n) is 5.45. The van der Waals surface area contributed by atoms with Crippen LogP contribution in [0.5, 0.6) is 0 Å². The summed E-state index contributed by atoms with van der Waals surface area (Å²) in [6.45, 7) is 1.46. The van der Waals surface area contributed by atoms with Crippen LogP contribution in [0.1, 0.15) is 11.7 Å². The molecule has 0 unspecified atom stereocenters. The van der Waals surface area contributed by atoms with E-state index in [1.165, 1.54) is 6.20 Å². The van der Waals surface area contributed by atoms with Gasteiger partial charge in [-0.1, -0.05) is 11.6 Å². The third-order valence-electron chi connectivity index (χ3n) is 2.39. The highest BCUT2D eigenvalue weighted by atomic mass is 35.5. The molecule has 2 aromatic rings. The number of hydrogen-bond donors (Lipinski definition) is 2. The standard InChI is InChI=1S/C11H11ClFN3O3S/c1-6-4-15-10(19-6)5-16-20(17,18)9-3-7(14)2-8(12)11(9)13/h2-4,16H,5,14H2,1H3. The molecular formula is C11H11ClFN3O3S. The molecule has 1 aromatic heterocycles. The van der Waals surface area contributed by atoms with Crippen molar-refractivity contribution >= 4 is 27.3 Å². The van der Waals surface area contributed by atoms with Gasteiger partial charge < -0.3 is 10.2 Å². The zero-order valence-electron chi connectivity index (χ0n) is 10.4. The third kappa shape index (κ3) is 3.09. The summed E-state index contributed by atoms with van der Waals surface area (Å²) in [6.07, 6.45) is 1.45. The second kappa shape index (κ2) is 5.39. The number of nitrogens with two attached hydrogens (primary N) is 1. The molecule has 0 aliphatic rings. The molecule has 6 nitrogen and oxygen atoms in total. The minimum absolute atomic E-state index is 0.0451. The molecule has 0 atom stereocenters. The van der Waals surface area contributed by atoms with Gasteiger partial charge in [0.1, 0.15) is 10.7 Å². The van der Waals surface area contributed by atoms with Gasteiger partial charge in [0.15, 0.2) is 5.82 Å². The zero-order valence-corrected chi connectivity index (χ0v) is 11.9. The van der Waals surface area contributed by atoms with Crippen molar-refractivity contribution in [1.29, 1.82) is 0 Å². The number of nitrogens with one attached hydrogen (secondary N) is 1. The Morgan fingerprint density at radius 3 is 2.80 bits per heavy atom. The van der Waals surface area contributed by atoms with Crippen LogP contribution in [0.25, 0.3) is 0 Å². The van der Waals surface area contributed by atoms with Crippen LogP contribution in [-0.2, 0) is 16.6 Å². The zero-order chi connectivity index (χ0) is 14.9. The normalized spacial score (nSPS) is 11.8. The van der Waals surface area contributed by atoms with Crippen LogP contribution in [0.2, 0.25) is 5.02 Å². The molecule has 0 saturated heterocycles. The lowest BCUT2D eigenvalue weighted by molar-refractivity contribution is 0.462. The van der Waals surface area contributed by atoms with Gasteiger partial charge in [-0.25, -0.2) is 22.5 Å². The summed E-state index contributed by atoms with van der Waals surface area (Å²) < 4.78 is 45.0. The smallest absolute Gasteiger partial charge is 0.244 e. The Kier molecular flexibility index (Phi) is 3.98. The van der Waals surface area contributed by atoms with Gasteiger partial charge in [-0.3, -0.25) is 0 Å². The lowest BCUT2D eigenvalue weighted by Crippen LogP contribution is -2.24. The molecule has 0 fully saturated rings. The van der Waals surface area contributed by atoms with Crippen molar-refractivity contribution in [2.75, 3.05) is 5.73 Å². The number of halogens is 2. The average molecular weight is 320 g/mol. The molecule has 0 aliphatic heterocycles. The highest BCUT2D eigenvalue weighted by Crippen LogP contribution is 2.25. The van der Waals surface area contributed by atoms with Crippen LogP contribution in [0.15, 0.2) is 27.6 Å². The molecular weight excluding hydrogens is 309 g/mol. The predicted octanol–water partition coefficient (Wildman–Crippen LogP) is 1.84. The second-order valence-corrected chi connectivity index (χ2v) is 6.15. The molecule has 0 bridgehead atoms. The van der Waals surface area contributed by atoms with Crippen LogP contribution in [0.3, 0.4) is 0 Å². The molecule has 2 rings (SSSR count). The molecule has 0 aliphatic carbocycles. The molecule has 20 heavy (non-hydrogen) atoms. The van der Waals surface area contributed by atoms with Gasteiger partial charge in [0, 0.05) is 5.69 Å². The van der Waals surface area contributed by atoms with Gasteiger partial charge in [-0.15, -0.1) is 0 Å². The van der Waals surface area contributed by atoms with E-state index in [4.69, 9.17) is 21.8 Å². The number of anilines is 1. The van der Waals surface area contributed by atoms with E-state index in [0.717, 1.165) is 12.1 Å². The summed E-state index contributed by atoms with van der Waals surface area (Å²) in [5.41, 5.74) is 5.51. The van der Waals surface area contributed by atoms with E-state index in [9.17, 15) is 12.8 Å². The number of hydrogen-bond acceptors (Lipinski definition) is 5. The van der Waals surface area contributed by atoms with Crippen LogP contribution in [0.4, 0.5) is 10.1 Å². The van der Waals surface area contributed by atoms with E-state index in [-0.39, 0.29) is 23.1 Å². The first-order chi connectivity index (χ1) is 9.29. The van der Waals surface area contributed by atoms with Crippen molar-refractivity contribution in [3.63, 3.8) is 0 Å². The minimum atomic E-state index is -4.11. The lowest BCUT2D eigenvalue weighted by Gasteiger charge is -2.08. The Morgan fingerprint density at radius 1 is 1.50 bits per heavy atom. The summed E-state index contributed by atoms with van der Waals surface area (Å²) in [5.74, 6) is -0.351. The molecule has 108 valence electrons. The third-order valence-corrected chi connectivity index (χ3v) is 4.06. The number of rotatable bonds is 4. The van der Waals surface area contributed by atoms with Crippen LogP contribution < -0.4 is 10.5 Å². The van der Waals surface area contributed by atoms with Crippen LogP contribution in [0, 0.1) is 12.7 Å². The summed E-state index contributed by atoms with van der Waals surface area (Å²) in [5, 5.41) is -0.364. The van der Waals surface area contributed by atoms with E-state index in [0.29, 0.717) is 5.76 Å². The lowest BCUT2D eigenvalue weighted by atomic mass is 10.3. The molecule has 9 heteroatoms. The minimum Gasteiger partial charge on any atom is -0.445 e. The summed E-state index contributed by atoms with van der Waals surface area (Å²) >= 11 is 5.57. The summed E-state index contributed by atoms with van der Waals surface area (Å²) in [6, 6.07) is 2.12. The van der Waals surface area contributed by atoms with Crippen molar-refractivity contribution in [1.82, 2.24) is 9.71 Å². The van der Waals surface area contributed by atoms with Crippen molar-refractivity contribution < 1.29 is 17.2 Å². The van der Waals surface area contributed by atoms with E-state index < -0.39 is 20.7 Å². The Labute approximate surface area is 119 Å². The fourth-order valence-electron chi connectivity index (χ4n) is 1.50. The van der Waals surface area contributed by atoms with E-state index in [1.54, 1.807) is 6.92 Å². The number of oxazole rings is 1. The second-order valence-electron chi connectivity index (χ2n) is 4.00. The van der Waals surface area contributed by atoms with E-state index >= 15 is 0 Å². The number of aromatic nitrogens is 1. The quantitative estimate of drug-likeness (QED) is 0.838. The fourth-order valence-corrected chi connectivity index (χ4v) is 2.89. The number of aryl methyl sites for hydroxylation is 1.